The summed E-state index contributed by atoms with van der Waals surface area (Å²) in [6.07, 6.45) is 8.08. The van der Waals surface area contributed by atoms with Crippen molar-refractivity contribution in [3.8, 4) is 0 Å². The van der Waals surface area contributed by atoms with Gasteiger partial charge in [0.15, 0.2) is 0 Å². The Kier molecular flexibility index (Phi) is 2.66. The van der Waals surface area contributed by atoms with Gasteiger partial charge >= 0.3 is 0 Å². The highest BCUT2D eigenvalue weighted by atomic mass is 35.5. The zero-order valence-corrected chi connectivity index (χ0v) is 9.81. The fourth-order valence-corrected chi connectivity index (χ4v) is 2.53. The van der Waals surface area contributed by atoms with Crippen LogP contribution in [0.4, 0.5) is 0 Å². The Morgan fingerprint density at radius 2 is 2.07 bits per heavy atom. The molecule has 0 aliphatic rings. The average Bonchev–Trinajstić information content (AvgIpc) is 2.17. The predicted octanol–water partition coefficient (Wildman–Crippen LogP) is 3.51. The summed E-state index contributed by atoms with van der Waals surface area (Å²) in [6.45, 7) is 0. The highest BCUT2D eigenvalue weighted by Crippen LogP contribution is 2.34. The van der Waals surface area contributed by atoms with Crippen molar-refractivity contribution in [3.63, 3.8) is 0 Å². The first-order chi connectivity index (χ1) is 6.68. The van der Waals surface area contributed by atoms with Crippen LogP contribution in [0.3, 0.4) is 0 Å². The molecule has 3 heteroatoms. The molecular formula is C11H12ClNS. The molecule has 1 heterocycles. The lowest BCUT2D eigenvalue weighted by atomic mass is 10.2. The monoisotopic (exact) mass is 225 g/mol. The molecule has 0 saturated heterocycles. The van der Waals surface area contributed by atoms with Crippen LogP contribution in [0.25, 0.3) is 10.8 Å². The summed E-state index contributed by atoms with van der Waals surface area (Å²) in [5, 5.41) is 3.02. The maximum atomic E-state index is 6.18. The molecule has 2 rings (SSSR count). The second-order valence-electron chi connectivity index (χ2n) is 3.42. The second-order valence-corrected chi connectivity index (χ2v) is 6.13. The minimum absolute atomic E-state index is 0.0898. The van der Waals surface area contributed by atoms with E-state index in [1.807, 2.05) is 12.3 Å². The summed E-state index contributed by atoms with van der Waals surface area (Å²) in [6, 6.07) is 6.26. The number of aromatic nitrogens is 1. The smallest absolute Gasteiger partial charge is 0.0510 e. The number of nitrogens with zero attached hydrogens (tertiary/aromatic N) is 1. The van der Waals surface area contributed by atoms with Crippen LogP contribution in [0.2, 0.25) is 5.02 Å². The van der Waals surface area contributed by atoms with Crippen molar-refractivity contribution < 1.29 is 0 Å². The molecule has 74 valence electrons. The first-order valence-electron chi connectivity index (χ1n) is 4.39. The Morgan fingerprint density at radius 3 is 2.79 bits per heavy atom. The zero-order chi connectivity index (χ0) is 10.1. The van der Waals surface area contributed by atoms with Gasteiger partial charge in [0.2, 0.25) is 0 Å². The standard InChI is InChI=1S/C11H12ClNS/c1-14(2)9-5-8-3-4-13-7-10(8)11(12)6-9/h3-7,14H,1-2H3. The Morgan fingerprint density at radius 1 is 1.29 bits per heavy atom. The first-order valence-corrected chi connectivity index (χ1v) is 7.00. The van der Waals surface area contributed by atoms with Gasteiger partial charge in [-0.05, 0) is 41.0 Å². The number of halogens is 1. The van der Waals surface area contributed by atoms with Crippen LogP contribution in [0.5, 0.6) is 0 Å². The Bertz CT molecular complexity index is 468. The maximum absolute atomic E-state index is 6.18. The van der Waals surface area contributed by atoms with Crippen LogP contribution in [0, 0.1) is 0 Å². The molecule has 0 bridgehead atoms. The molecule has 2 aromatic rings. The maximum Gasteiger partial charge on any atom is 0.0510 e. The molecule has 1 aromatic carbocycles. The number of rotatable bonds is 1. The first kappa shape index (κ1) is 9.81. The van der Waals surface area contributed by atoms with E-state index in [4.69, 9.17) is 11.6 Å². The van der Waals surface area contributed by atoms with Crippen molar-refractivity contribution in [2.24, 2.45) is 0 Å². The van der Waals surface area contributed by atoms with Crippen molar-refractivity contribution in [2.75, 3.05) is 12.5 Å². The number of pyridine rings is 1. The van der Waals surface area contributed by atoms with E-state index in [1.165, 1.54) is 10.3 Å². The third-order valence-corrected chi connectivity index (χ3v) is 3.81. The second kappa shape index (κ2) is 3.79. The van der Waals surface area contributed by atoms with Crippen molar-refractivity contribution in [3.05, 3.63) is 35.6 Å². The molecule has 0 fully saturated rings. The van der Waals surface area contributed by atoms with E-state index in [1.54, 1.807) is 6.20 Å². The Labute approximate surface area is 91.5 Å². The summed E-state index contributed by atoms with van der Waals surface area (Å²) in [5.74, 6) is 0. The highest BCUT2D eigenvalue weighted by molar-refractivity contribution is 8.15. The lowest BCUT2D eigenvalue weighted by Gasteiger charge is -2.11. The summed E-state index contributed by atoms with van der Waals surface area (Å²) in [4.78, 5) is 5.41. The van der Waals surface area contributed by atoms with Gasteiger partial charge in [0.25, 0.3) is 0 Å². The summed E-state index contributed by atoms with van der Waals surface area (Å²) >= 11 is 6.18. The van der Waals surface area contributed by atoms with E-state index in [0.29, 0.717) is 0 Å². The van der Waals surface area contributed by atoms with Crippen LogP contribution >= 0.6 is 22.5 Å². The molecular weight excluding hydrogens is 214 g/mol. The van der Waals surface area contributed by atoms with E-state index in [9.17, 15) is 0 Å². The highest BCUT2D eigenvalue weighted by Gasteiger charge is 2.03. The van der Waals surface area contributed by atoms with Crippen LogP contribution in [0.1, 0.15) is 0 Å². The van der Waals surface area contributed by atoms with Gasteiger partial charge in [0.05, 0.1) is 5.02 Å². The summed E-state index contributed by atoms with van der Waals surface area (Å²) < 4.78 is 0. The number of hydrogen-bond donors (Lipinski definition) is 1. The fourth-order valence-electron chi connectivity index (χ4n) is 1.40. The molecule has 0 atom stereocenters. The van der Waals surface area contributed by atoms with Crippen LogP contribution < -0.4 is 0 Å². The van der Waals surface area contributed by atoms with Crippen LogP contribution in [-0.2, 0) is 0 Å². The SMILES string of the molecule is C[SH](C)c1cc(Cl)c2cnccc2c1. The van der Waals surface area contributed by atoms with Gasteiger partial charge in [-0.3, -0.25) is 4.98 Å². The molecule has 1 aromatic heterocycles. The largest absolute Gasteiger partial charge is 0.264 e. The van der Waals surface area contributed by atoms with Gasteiger partial charge in [0.1, 0.15) is 0 Å². The van der Waals surface area contributed by atoms with E-state index in [-0.39, 0.29) is 10.9 Å². The lowest BCUT2D eigenvalue weighted by Crippen LogP contribution is -1.82. The Balaban J connectivity index is 2.72. The minimum atomic E-state index is -0.0898. The van der Waals surface area contributed by atoms with Crippen molar-refractivity contribution in [2.45, 2.75) is 4.90 Å². The fraction of sp³-hybridized carbons (Fsp3) is 0.182. The van der Waals surface area contributed by atoms with Gasteiger partial charge in [0, 0.05) is 17.8 Å². The molecule has 0 radical (unpaired) electrons. The summed E-state index contributed by atoms with van der Waals surface area (Å²) in [5.41, 5.74) is 0. The van der Waals surface area contributed by atoms with E-state index in [2.05, 4.69) is 29.6 Å². The third kappa shape index (κ3) is 1.72. The number of fused-ring (bicyclic) bond motifs is 1. The molecule has 0 unspecified atom stereocenters. The minimum Gasteiger partial charge on any atom is -0.264 e. The van der Waals surface area contributed by atoms with Gasteiger partial charge in [-0.2, -0.15) is 0 Å². The molecule has 14 heavy (non-hydrogen) atoms. The van der Waals surface area contributed by atoms with Crippen LogP contribution in [-0.4, -0.2) is 17.5 Å². The molecule has 0 aliphatic heterocycles. The van der Waals surface area contributed by atoms with Crippen molar-refractivity contribution >= 4 is 33.3 Å². The summed E-state index contributed by atoms with van der Waals surface area (Å²) in [7, 11) is -0.0898. The topological polar surface area (TPSA) is 12.9 Å². The van der Waals surface area contributed by atoms with Crippen molar-refractivity contribution in [1.82, 2.24) is 4.98 Å². The Hall–Kier alpha value is -0.730. The quantitative estimate of drug-likeness (QED) is 0.733. The van der Waals surface area contributed by atoms with Gasteiger partial charge in [-0.25, -0.2) is 10.9 Å². The lowest BCUT2D eigenvalue weighted by molar-refractivity contribution is 1.35. The van der Waals surface area contributed by atoms with E-state index >= 15 is 0 Å². The zero-order valence-electron chi connectivity index (χ0n) is 8.16. The number of hydrogen-bond acceptors (Lipinski definition) is 1. The molecule has 0 aliphatic carbocycles. The van der Waals surface area contributed by atoms with E-state index < -0.39 is 0 Å². The third-order valence-electron chi connectivity index (χ3n) is 2.21. The predicted molar refractivity (Wildman–Crippen MR) is 65.9 cm³/mol. The number of thiol groups is 1. The molecule has 0 spiro atoms. The molecule has 0 amide bonds. The number of benzene rings is 1. The van der Waals surface area contributed by atoms with Gasteiger partial charge in [-0.15, -0.1) is 0 Å². The van der Waals surface area contributed by atoms with E-state index in [0.717, 1.165) is 10.4 Å². The average molecular weight is 226 g/mol. The molecule has 1 nitrogen and oxygen atoms in total. The normalized spacial score (nSPS) is 11.8. The van der Waals surface area contributed by atoms with Gasteiger partial charge < -0.3 is 0 Å². The molecule has 0 N–H and O–H groups in total. The van der Waals surface area contributed by atoms with Crippen LogP contribution in [0.15, 0.2) is 35.5 Å². The van der Waals surface area contributed by atoms with Gasteiger partial charge in [-0.1, -0.05) is 11.6 Å². The molecule has 0 saturated carbocycles. The van der Waals surface area contributed by atoms with Crippen molar-refractivity contribution in [1.29, 1.82) is 0 Å².